The zero-order chi connectivity index (χ0) is 44.3. The van der Waals surface area contributed by atoms with E-state index >= 15 is 0 Å². The van der Waals surface area contributed by atoms with Gasteiger partial charge in [0.05, 0.1) is 17.9 Å². The first-order valence-corrected chi connectivity index (χ1v) is 22.1. The van der Waals surface area contributed by atoms with Crippen LogP contribution in [-0.2, 0) is 6.54 Å². The highest BCUT2D eigenvalue weighted by molar-refractivity contribution is 6.12. The average Bonchev–Trinajstić information content (AvgIpc) is 3.76. The molecule has 0 amide bonds. The molecule has 0 aliphatic carbocycles. The number of nitrogens with two attached hydrogens (primary N) is 2. The van der Waals surface area contributed by atoms with Crippen molar-refractivity contribution in [3.05, 3.63) is 218 Å². The van der Waals surface area contributed by atoms with Crippen molar-refractivity contribution < 1.29 is 0 Å². The lowest BCUT2D eigenvalue weighted by molar-refractivity contribution is 0.442. The second-order valence-corrected chi connectivity index (χ2v) is 16.7. The predicted molar refractivity (Wildman–Crippen MR) is 272 cm³/mol. The highest BCUT2D eigenvalue weighted by Crippen LogP contribution is 2.45. The second kappa shape index (κ2) is 17.8. The minimum Gasteiger partial charge on any atom is -0.396 e. The maximum absolute atomic E-state index is 7.05. The molecule has 316 valence electrons. The summed E-state index contributed by atoms with van der Waals surface area (Å²) in [7, 11) is 0. The van der Waals surface area contributed by atoms with Crippen molar-refractivity contribution in [2.45, 2.75) is 20.4 Å². The van der Waals surface area contributed by atoms with Crippen LogP contribution in [0.25, 0.3) is 55.5 Å². The van der Waals surface area contributed by atoms with E-state index in [9.17, 15) is 0 Å². The van der Waals surface area contributed by atoms with E-state index in [1.54, 1.807) is 4.80 Å². The van der Waals surface area contributed by atoms with Crippen LogP contribution in [0.15, 0.2) is 218 Å². The van der Waals surface area contributed by atoms with E-state index in [1.807, 2.05) is 24.3 Å². The fourth-order valence-electron chi connectivity index (χ4n) is 8.67. The maximum atomic E-state index is 7.05. The van der Waals surface area contributed by atoms with Crippen LogP contribution in [0, 0.1) is 5.92 Å². The van der Waals surface area contributed by atoms with Crippen LogP contribution in [0.1, 0.15) is 13.8 Å². The highest BCUT2D eigenvalue weighted by Gasteiger charge is 2.23. The summed E-state index contributed by atoms with van der Waals surface area (Å²) < 4.78 is 0. The average molecular weight is 844 g/mol. The number of hydrogen-bond donors (Lipinski definition) is 2. The van der Waals surface area contributed by atoms with E-state index in [0.29, 0.717) is 23.8 Å². The van der Waals surface area contributed by atoms with Crippen molar-refractivity contribution in [2.24, 2.45) is 5.92 Å². The molecule has 0 unspecified atom stereocenters. The van der Waals surface area contributed by atoms with Gasteiger partial charge in [-0.05, 0) is 112 Å². The van der Waals surface area contributed by atoms with Gasteiger partial charge in [-0.2, -0.15) is 15.0 Å². The molecular formula is C58H49N7. The van der Waals surface area contributed by atoms with Gasteiger partial charge in [-0.1, -0.05) is 159 Å². The van der Waals surface area contributed by atoms with E-state index in [0.717, 1.165) is 89.7 Å². The van der Waals surface area contributed by atoms with Crippen molar-refractivity contribution in [1.29, 1.82) is 0 Å². The molecule has 65 heavy (non-hydrogen) atoms. The van der Waals surface area contributed by atoms with Gasteiger partial charge in [0.15, 0.2) is 0 Å². The van der Waals surface area contributed by atoms with Crippen molar-refractivity contribution in [1.82, 2.24) is 15.0 Å². The van der Waals surface area contributed by atoms with Crippen LogP contribution in [0.4, 0.5) is 45.5 Å². The summed E-state index contributed by atoms with van der Waals surface area (Å²) >= 11 is 0. The molecule has 1 heterocycles. The Balaban J connectivity index is 0.953. The van der Waals surface area contributed by atoms with Crippen LogP contribution in [0.5, 0.6) is 0 Å². The smallest absolute Gasteiger partial charge is 0.123 e. The van der Waals surface area contributed by atoms with Gasteiger partial charge >= 0.3 is 0 Å². The minimum absolute atomic E-state index is 0.342. The van der Waals surface area contributed by atoms with Gasteiger partial charge in [-0.15, -0.1) is 0 Å². The Kier molecular flexibility index (Phi) is 11.1. The summed E-state index contributed by atoms with van der Waals surface area (Å²) in [5.41, 5.74) is 30.9. The number of rotatable bonds is 12. The fraction of sp³-hybridized carbons (Fsp3) is 0.0690. The molecule has 10 rings (SSSR count). The molecule has 0 radical (unpaired) electrons. The number of para-hydroxylation sites is 4. The first kappa shape index (κ1) is 40.6. The third-order valence-electron chi connectivity index (χ3n) is 11.8. The Morgan fingerprint density at radius 1 is 0.354 bits per heavy atom. The molecule has 0 atom stereocenters. The Labute approximate surface area is 380 Å². The molecule has 1 aromatic heterocycles. The van der Waals surface area contributed by atoms with Gasteiger partial charge in [0, 0.05) is 45.3 Å². The standard InChI is InChI=1S/C58H49N7/c1-40(2)39-63-61-57-53(45-27-23-41(24-28-45)43-31-35-51(36-32-43)64(47-15-7-3-8-16-47)48-17-9-4-10-18-48)55(59)56(60)54(58(57)62-63)46-29-25-42(26-30-46)44-33-37-52(38-34-44)65(49-19-11-5-12-20-49)50-21-13-6-14-22-50/h3-38,40H,39,59-60H2,1-2H3. The van der Waals surface area contributed by atoms with Gasteiger partial charge in [0.2, 0.25) is 0 Å². The van der Waals surface area contributed by atoms with Crippen molar-refractivity contribution >= 4 is 56.5 Å². The Morgan fingerprint density at radius 3 is 0.877 bits per heavy atom. The van der Waals surface area contributed by atoms with E-state index < -0.39 is 0 Å². The number of nitrogen functional groups attached to an aromatic ring is 2. The summed E-state index contributed by atoms with van der Waals surface area (Å²) in [5, 5.41) is 10.1. The molecule has 0 saturated heterocycles. The van der Waals surface area contributed by atoms with Crippen molar-refractivity contribution in [2.75, 3.05) is 21.3 Å². The van der Waals surface area contributed by atoms with Crippen LogP contribution < -0.4 is 21.3 Å². The van der Waals surface area contributed by atoms with Gasteiger partial charge in [-0.25, -0.2) is 0 Å². The van der Waals surface area contributed by atoms with Gasteiger partial charge in [0.25, 0.3) is 0 Å². The first-order valence-electron chi connectivity index (χ1n) is 22.1. The number of benzene rings is 9. The molecule has 0 bridgehead atoms. The van der Waals surface area contributed by atoms with Crippen LogP contribution in [0.2, 0.25) is 0 Å². The number of anilines is 8. The molecule has 0 fully saturated rings. The fourth-order valence-corrected chi connectivity index (χ4v) is 8.67. The lowest BCUT2D eigenvalue weighted by Crippen LogP contribution is -2.09. The molecular weight excluding hydrogens is 795 g/mol. The zero-order valence-corrected chi connectivity index (χ0v) is 36.5. The zero-order valence-electron chi connectivity index (χ0n) is 36.5. The van der Waals surface area contributed by atoms with Gasteiger partial charge in [0.1, 0.15) is 11.0 Å². The quantitative estimate of drug-likeness (QED) is 0.119. The molecule has 9 aromatic carbocycles. The molecule has 0 saturated carbocycles. The molecule has 0 spiro atoms. The Bertz CT molecular complexity index is 2880. The van der Waals surface area contributed by atoms with Crippen LogP contribution in [-0.4, -0.2) is 15.0 Å². The molecule has 7 heteroatoms. The minimum atomic E-state index is 0.342. The van der Waals surface area contributed by atoms with Crippen LogP contribution >= 0.6 is 0 Å². The summed E-state index contributed by atoms with van der Waals surface area (Å²) in [6, 6.07) is 76.1. The summed E-state index contributed by atoms with van der Waals surface area (Å²) in [6.07, 6.45) is 0. The number of nitrogens with zero attached hydrogens (tertiary/aromatic N) is 5. The molecule has 0 aliphatic rings. The maximum Gasteiger partial charge on any atom is 0.123 e. The molecule has 4 N–H and O–H groups in total. The Hall–Kier alpha value is -8.42. The summed E-state index contributed by atoms with van der Waals surface area (Å²) in [6.45, 7) is 4.99. The molecule has 0 aliphatic heterocycles. The summed E-state index contributed by atoms with van der Waals surface area (Å²) in [4.78, 5) is 6.32. The SMILES string of the molecule is CC(C)Cn1nc2c(-c3ccc(-c4ccc(N(c5ccccc5)c5ccccc5)cc4)cc3)c(N)c(N)c(-c3ccc(-c4ccc(N(c5ccccc5)c5ccccc5)cc4)cc3)c2n1. The van der Waals surface area contributed by atoms with Crippen molar-refractivity contribution in [3.8, 4) is 44.5 Å². The largest absolute Gasteiger partial charge is 0.396 e. The van der Waals surface area contributed by atoms with E-state index in [1.165, 1.54) is 0 Å². The normalized spacial score (nSPS) is 11.2. The molecule has 7 nitrogen and oxygen atoms in total. The second-order valence-electron chi connectivity index (χ2n) is 16.7. The first-order chi connectivity index (χ1) is 31.9. The lowest BCUT2D eigenvalue weighted by atomic mass is 9.92. The van der Waals surface area contributed by atoms with Gasteiger partial charge < -0.3 is 21.3 Å². The molecule has 10 aromatic rings. The lowest BCUT2D eigenvalue weighted by Gasteiger charge is -2.25. The number of aromatic nitrogens is 3. The van der Waals surface area contributed by atoms with E-state index in [2.05, 4.69) is 218 Å². The van der Waals surface area contributed by atoms with E-state index in [-0.39, 0.29) is 0 Å². The summed E-state index contributed by atoms with van der Waals surface area (Å²) in [5.74, 6) is 0.342. The van der Waals surface area contributed by atoms with Crippen molar-refractivity contribution in [3.63, 3.8) is 0 Å². The van der Waals surface area contributed by atoms with Gasteiger partial charge in [-0.3, -0.25) is 0 Å². The number of fused-ring (bicyclic) bond motifs is 1. The predicted octanol–water partition coefficient (Wildman–Crippen LogP) is 14.9. The van der Waals surface area contributed by atoms with E-state index in [4.69, 9.17) is 21.7 Å². The third kappa shape index (κ3) is 8.19. The van der Waals surface area contributed by atoms with Crippen LogP contribution in [0.3, 0.4) is 0 Å². The highest BCUT2D eigenvalue weighted by atomic mass is 15.5. The third-order valence-corrected chi connectivity index (χ3v) is 11.8. The topological polar surface area (TPSA) is 89.2 Å². The number of hydrogen-bond acceptors (Lipinski definition) is 6. The Morgan fingerprint density at radius 2 is 0.600 bits per heavy atom. The monoisotopic (exact) mass is 843 g/mol.